The van der Waals surface area contributed by atoms with E-state index in [4.69, 9.17) is 0 Å². The van der Waals surface area contributed by atoms with Gasteiger partial charge in [-0.3, -0.25) is 9.48 Å². The number of aromatic nitrogens is 2. The highest BCUT2D eigenvalue weighted by Gasteiger charge is 2.31. The number of nitrogens with zero attached hydrogens (tertiary/aromatic N) is 2. The summed E-state index contributed by atoms with van der Waals surface area (Å²) in [6.45, 7) is 1.65. The second kappa shape index (κ2) is 5.88. The quantitative estimate of drug-likeness (QED) is 0.772. The molecule has 0 aliphatic rings. The number of rotatable bonds is 4. The minimum atomic E-state index is -4.75. The Morgan fingerprint density at radius 3 is 2.43 bits per heavy atom. The van der Waals surface area contributed by atoms with E-state index in [-0.39, 0.29) is 17.1 Å². The average molecular weight is 363 g/mol. The summed E-state index contributed by atoms with van der Waals surface area (Å²) in [5.74, 6) is -0.627. The molecule has 0 radical (unpaired) electrons. The summed E-state index contributed by atoms with van der Waals surface area (Å²) >= 11 is 3.23. The van der Waals surface area contributed by atoms with Crippen molar-refractivity contribution in [3.63, 3.8) is 0 Å². The van der Waals surface area contributed by atoms with E-state index in [1.807, 2.05) is 0 Å². The van der Waals surface area contributed by atoms with Gasteiger partial charge in [-0.1, -0.05) is 0 Å². The molecule has 1 aromatic carbocycles. The predicted molar refractivity (Wildman–Crippen MR) is 72.1 cm³/mol. The van der Waals surface area contributed by atoms with Crippen molar-refractivity contribution in [1.29, 1.82) is 0 Å². The molecule has 2 rings (SSSR count). The monoisotopic (exact) mass is 362 g/mol. The van der Waals surface area contributed by atoms with Gasteiger partial charge in [-0.15, -0.1) is 13.2 Å². The third kappa shape index (κ3) is 4.07. The van der Waals surface area contributed by atoms with Crippen LogP contribution in [0.3, 0.4) is 0 Å². The largest absolute Gasteiger partial charge is 0.573 e. The fourth-order valence-corrected chi connectivity index (χ4v) is 2.01. The number of hydrogen-bond acceptors (Lipinski definition) is 3. The van der Waals surface area contributed by atoms with Gasteiger partial charge in [-0.05, 0) is 47.1 Å². The van der Waals surface area contributed by atoms with E-state index in [0.717, 1.165) is 16.6 Å². The Hall–Kier alpha value is -1.83. The van der Waals surface area contributed by atoms with Crippen molar-refractivity contribution in [2.45, 2.75) is 19.3 Å². The minimum Gasteiger partial charge on any atom is -0.406 e. The molecule has 0 unspecified atom stereocenters. The first-order chi connectivity index (χ1) is 9.76. The maximum atomic E-state index is 12.2. The highest BCUT2D eigenvalue weighted by molar-refractivity contribution is 9.10. The lowest BCUT2D eigenvalue weighted by Gasteiger charge is -2.12. The first-order valence-corrected chi connectivity index (χ1v) is 6.65. The zero-order valence-corrected chi connectivity index (χ0v) is 12.4. The van der Waals surface area contributed by atoms with Crippen molar-refractivity contribution in [2.24, 2.45) is 0 Å². The van der Waals surface area contributed by atoms with Crippen LogP contribution in [0, 0.1) is 0 Å². The van der Waals surface area contributed by atoms with Crippen molar-refractivity contribution in [2.75, 3.05) is 0 Å². The summed E-state index contributed by atoms with van der Waals surface area (Å²) in [7, 11) is 0. The summed E-state index contributed by atoms with van der Waals surface area (Å²) in [4.78, 5) is 12.2. The zero-order valence-electron chi connectivity index (χ0n) is 10.8. The summed E-state index contributed by atoms with van der Waals surface area (Å²) in [6, 6.07) is 4.22. The number of carbonyl (C=O) groups is 1. The summed E-state index contributed by atoms with van der Waals surface area (Å²) < 4.78 is 42.1. The molecule has 1 aromatic heterocycles. The van der Waals surface area contributed by atoms with Crippen molar-refractivity contribution in [3.05, 3.63) is 46.7 Å². The number of carbonyl (C=O) groups excluding carboxylic acids is 1. The standard InChI is InChI=1S/C13H10BrF3N2O2/c1-8(19-7-10(14)6-18-19)12(20)9-2-4-11(5-3-9)21-13(15,16)17/h2-8H,1H3/t8-/m1/s1. The van der Waals surface area contributed by atoms with Crippen molar-refractivity contribution >= 4 is 21.7 Å². The lowest BCUT2D eigenvalue weighted by molar-refractivity contribution is -0.274. The van der Waals surface area contributed by atoms with E-state index in [1.165, 1.54) is 16.8 Å². The SMILES string of the molecule is C[C@H](C(=O)c1ccc(OC(F)(F)F)cc1)n1cc(Br)cn1. The first-order valence-electron chi connectivity index (χ1n) is 5.86. The van der Waals surface area contributed by atoms with Crippen LogP contribution in [-0.4, -0.2) is 21.9 Å². The van der Waals surface area contributed by atoms with Gasteiger partial charge < -0.3 is 4.74 Å². The van der Waals surface area contributed by atoms with Gasteiger partial charge in [-0.25, -0.2) is 0 Å². The molecule has 0 aliphatic carbocycles. The van der Waals surface area contributed by atoms with Crippen LogP contribution in [0.4, 0.5) is 13.2 Å². The van der Waals surface area contributed by atoms with E-state index >= 15 is 0 Å². The number of ether oxygens (including phenoxy) is 1. The molecular weight excluding hydrogens is 353 g/mol. The Bertz CT molecular complexity index is 638. The molecule has 0 amide bonds. The Labute approximate surface area is 126 Å². The van der Waals surface area contributed by atoms with E-state index in [0.29, 0.717) is 0 Å². The van der Waals surface area contributed by atoms with Crippen molar-refractivity contribution < 1.29 is 22.7 Å². The Morgan fingerprint density at radius 1 is 1.33 bits per heavy atom. The number of halogens is 4. The molecule has 1 heterocycles. The van der Waals surface area contributed by atoms with Crippen LogP contribution < -0.4 is 4.74 Å². The van der Waals surface area contributed by atoms with E-state index in [9.17, 15) is 18.0 Å². The third-order valence-corrected chi connectivity index (χ3v) is 3.13. The lowest BCUT2D eigenvalue weighted by Crippen LogP contribution is -2.18. The van der Waals surface area contributed by atoms with Crippen LogP contribution in [0.2, 0.25) is 0 Å². The number of alkyl halides is 3. The van der Waals surface area contributed by atoms with Gasteiger partial charge in [0.15, 0.2) is 5.78 Å². The van der Waals surface area contributed by atoms with Gasteiger partial charge in [0.1, 0.15) is 11.8 Å². The average Bonchev–Trinajstić information content (AvgIpc) is 2.83. The van der Waals surface area contributed by atoms with Gasteiger partial charge in [0.2, 0.25) is 0 Å². The van der Waals surface area contributed by atoms with Crippen LogP contribution >= 0.6 is 15.9 Å². The number of Topliss-reactive ketones (excluding diaryl/α,β-unsaturated/α-hetero) is 1. The van der Waals surface area contributed by atoms with Gasteiger partial charge in [0.05, 0.1) is 10.7 Å². The molecule has 0 aliphatic heterocycles. The number of benzene rings is 1. The van der Waals surface area contributed by atoms with E-state index in [2.05, 4.69) is 25.8 Å². The molecule has 0 bridgehead atoms. The zero-order chi connectivity index (χ0) is 15.6. The topological polar surface area (TPSA) is 44.1 Å². The highest BCUT2D eigenvalue weighted by Crippen LogP contribution is 2.24. The summed E-state index contributed by atoms with van der Waals surface area (Å²) in [5.41, 5.74) is 0.281. The molecule has 21 heavy (non-hydrogen) atoms. The van der Waals surface area contributed by atoms with E-state index < -0.39 is 12.4 Å². The molecule has 1 atom stereocenters. The van der Waals surface area contributed by atoms with Crippen LogP contribution in [0.1, 0.15) is 23.3 Å². The molecule has 0 saturated carbocycles. The van der Waals surface area contributed by atoms with Crippen LogP contribution in [0.25, 0.3) is 0 Å². The van der Waals surface area contributed by atoms with Gasteiger partial charge >= 0.3 is 6.36 Å². The summed E-state index contributed by atoms with van der Waals surface area (Å²) in [5, 5.41) is 4.00. The van der Waals surface area contributed by atoms with Gasteiger partial charge in [-0.2, -0.15) is 5.10 Å². The molecule has 0 N–H and O–H groups in total. The van der Waals surface area contributed by atoms with Gasteiger partial charge in [0.25, 0.3) is 0 Å². The van der Waals surface area contributed by atoms with Crippen molar-refractivity contribution in [3.8, 4) is 5.75 Å². The first kappa shape index (κ1) is 15.6. The number of ketones is 1. The molecule has 0 fully saturated rings. The lowest BCUT2D eigenvalue weighted by atomic mass is 10.1. The maximum absolute atomic E-state index is 12.2. The molecule has 2 aromatic rings. The second-order valence-corrected chi connectivity index (χ2v) is 5.17. The minimum absolute atomic E-state index is 0.260. The molecule has 8 heteroatoms. The fourth-order valence-electron chi connectivity index (χ4n) is 1.71. The third-order valence-electron chi connectivity index (χ3n) is 2.72. The molecule has 4 nitrogen and oxygen atoms in total. The van der Waals surface area contributed by atoms with Crippen molar-refractivity contribution in [1.82, 2.24) is 9.78 Å². The van der Waals surface area contributed by atoms with Crippen LogP contribution in [0.15, 0.2) is 41.1 Å². The van der Waals surface area contributed by atoms with Crippen LogP contribution in [-0.2, 0) is 0 Å². The molecular formula is C13H10BrF3N2O2. The Kier molecular flexibility index (Phi) is 4.36. The Morgan fingerprint density at radius 2 is 1.95 bits per heavy atom. The summed E-state index contributed by atoms with van der Waals surface area (Å²) in [6.07, 6.45) is -1.56. The molecule has 0 spiro atoms. The van der Waals surface area contributed by atoms with E-state index in [1.54, 1.807) is 19.3 Å². The predicted octanol–water partition coefficient (Wildman–Crippen LogP) is 3.99. The smallest absolute Gasteiger partial charge is 0.406 e. The van der Waals surface area contributed by atoms with Crippen LogP contribution in [0.5, 0.6) is 5.75 Å². The normalized spacial score (nSPS) is 13.0. The fraction of sp³-hybridized carbons (Fsp3) is 0.231. The number of hydrogen-bond donors (Lipinski definition) is 0. The van der Waals surface area contributed by atoms with Gasteiger partial charge in [0, 0.05) is 11.8 Å². The Balaban J connectivity index is 2.13. The maximum Gasteiger partial charge on any atom is 0.573 e. The second-order valence-electron chi connectivity index (χ2n) is 4.25. The highest BCUT2D eigenvalue weighted by atomic mass is 79.9. The molecule has 0 saturated heterocycles. The molecule has 112 valence electrons.